The predicted molar refractivity (Wildman–Crippen MR) is 97.9 cm³/mol. The van der Waals surface area contributed by atoms with Crippen molar-refractivity contribution in [2.24, 2.45) is 0 Å². The minimum absolute atomic E-state index is 0.128. The molecule has 0 aliphatic heterocycles. The fourth-order valence-electron chi connectivity index (χ4n) is 2.27. The third-order valence-electron chi connectivity index (χ3n) is 3.43. The molecule has 0 fully saturated rings. The Balaban J connectivity index is 1.68. The van der Waals surface area contributed by atoms with Gasteiger partial charge in [0.2, 0.25) is 5.91 Å². The molecule has 0 aliphatic rings. The van der Waals surface area contributed by atoms with E-state index >= 15 is 0 Å². The second-order valence-electron chi connectivity index (χ2n) is 5.08. The van der Waals surface area contributed by atoms with Gasteiger partial charge in [-0.1, -0.05) is 41.9 Å². The number of methoxy groups -OCH3 is 1. The van der Waals surface area contributed by atoms with Crippen LogP contribution >= 0.6 is 22.9 Å². The molecule has 0 unspecified atom stereocenters. The minimum atomic E-state index is -0.128. The summed E-state index contributed by atoms with van der Waals surface area (Å²) in [5.41, 5.74) is 2.61. The molecule has 6 heteroatoms. The second-order valence-corrected chi connectivity index (χ2v) is 6.38. The fraction of sp³-hybridized carbons (Fsp3) is 0.111. The summed E-state index contributed by atoms with van der Waals surface area (Å²) in [5, 5.41) is 5.98. The summed E-state index contributed by atoms with van der Waals surface area (Å²) in [4.78, 5) is 16.7. The van der Waals surface area contributed by atoms with E-state index in [0.717, 1.165) is 16.8 Å². The van der Waals surface area contributed by atoms with Crippen molar-refractivity contribution in [1.29, 1.82) is 0 Å². The van der Waals surface area contributed by atoms with Gasteiger partial charge in [0.15, 0.2) is 5.13 Å². The summed E-state index contributed by atoms with van der Waals surface area (Å²) in [5.74, 6) is 0.574. The van der Waals surface area contributed by atoms with Gasteiger partial charge in [0.1, 0.15) is 5.75 Å². The molecule has 1 heterocycles. The van der Waals surface area contributed by atoms with Gasteiger partial charge < -0.3 is 10.1 Å². The number of rotatable bonds is 5. The largest absolute Gasteiger partial charge is 0.496 e. The van der Waals surface area contributed by atoms with Gasteiger partial charge >= 0.3 is 0 Å². The molecule has 122 valence electrons. The molecule has 1 aromatic heterocycles. The van der Waals surface area contributed by atoms with E-state index in [1.165, 1.54) is 11.3 Å². The zero-order valence-corrected chi connectivity index (χ0v) is 14.5. The molecule has 0 saturated carbocycles. The first-order valence-electron chi connectivity index (χ1n) is 7.29. The summed E-state index contributed by atoms with van der Waals surface area (Å²) in [6.45, 7) is 0. The third kappa shape index (κ3) is 3.93. The molecule has 24 heavy (non-hydrogen) atoms. The summed E-state index contributed by atoms with van der Waals surface area (Å²) < 4.78 is 5.26. The van der Waals surface area contributed by atoms with Gasteiger partial charge in [0.05, 0.1) is 19.2 Å². The van der Waals surface area contributed by atoms with Crippen molar-refractivity contribution < 1.29 is 9.53 Å². The molecule has 1 N–H and O–H groups in total. The first-order chi connectivity index (χ1) is 11.7. The number of anilines is 1. The number of amides is 1. The molecule has 2 aromatic carbocycles. The van der Waals surface area contributed by atoms with E-state index in [1.807, 2.05) is 53.9 Å². The van der Waals surface area contributed by atoms with Gasteiger partial charge in [-0.15, -0.1) is 11.3 Å². The lowest BCUT2D eigenvalue weighted by Crippen LogP contribution is -2.14. The third-order valence-corrected chi connectivity index (χ3v) is 4.44. The highest BCUT2D eigenvalue weighted by Crippen LogP contribution is 2.26. The number of nitrogens with zero attached hydrogens (tertiary/aromatic N) is 1. The van der Waals surface area contributed by atoms with E-state index in [0.29, 0.717) is 15.9 Å². The Hall–Kier alpha value is -2.37. The van der Waals surface area contributed by atoms with Gasteiger partial charge in [-0.05, 0) is 18.2 Å². The predicted octanol–water partition coefficient (Wildman–Crippen LogP) is 4.65. The number of ether oxygens (including phenoxy) is 1. The Labute approximate surface area is 149 Å². The Bertz CT molecular complexity index is 846. The van der Waals surface area contributed by atoms with Crippen LogP contribution in [0.4, 0.5) is 5.13 Å². The number of hydrogen-bond donors (Lipinski definition) is 1. The number of halogens is 1. The normalized spacial score (nSPS) is 10.4. The van der Waals surface area contributed by atoms with E-state index < -0.39 is 0 Å². The highest BCUT2D eigenvalue weighted by Gasteiger charge is 2.11. The van der Waals surface area contributed by atoms with Gasteiger partial charge in [0, 0.05) is 21.5 Å². The second kappa shape index (κ2) is 7.47. The standard InChI is InChI=1S/C18H15ClN2O2S/c1-23-16-5-3-2-4-13(16)10-17(22)21-18-20-15(11-24-18)12-6-8-14(19)9-7-12/h2-9,11H,10H2,1H3,(H,20,21,22). The number of nitrogens with one attached hydrogen (secondary N) is 1. The Morgan fingerprint density at radius 3 is 2.71 bits per heavy atom. The Morgan fingerprint density at radius 2 is 1.96 bits per heavy atom. The summed E-state index contributed by atoms with van der Waals surface area (Å²) in [6.07, 6.45) is 0.236. The van der Waals surface area contributed by atoms with Gasteiger partial charge in [-0.25, -0.2) is 4.98 Å². The lowest BCUT2D eigenvalue weighted by atomic mass is 10.1. The van der Waals surface area contributed by atoms with Crippen molar-refractivity contribution in [2.45, 2.75) is 6.42 Å². The lowest BCUT2D eigenvalue weighted by molar-refractivity contribution is -0.115. The number of carbonyl (C=O) groups is 1. The number of hydrogen-bond acceptors (Lipinski definition) is 4. The molecule has 3 rings (SSSR count). The molecule has 0 atom stereocenters. The number of carbonyl (C=O) groups excluding carboxylic acids is 1. The summed E-state index contributed by atoms with van der Waals surface area (Å²) in [7, 11) is 1.59. The highest BCUT2D eigenvalue weighted by molar-refractivity contribution is 7.14. The molecule has 0 aliphatic carbocycles. The molecule has 0 spiro atoms. The van der Waals surface area contributed by atoms with E-state index in [-0.39, 0.29) is 12.3 Å². The first kappa shape index (κ1) is 16.5. The molecule has 0 saturated heterocycles. The number of aromatic nitrogens is 1. The monoisotopic (exact) mass is 358 g/mol. The van der Waals surface area contributed by atoms with Crippen LogP contribution in [0.1, 0.15) is 5.56 Å². The van der Waals surface area contributed by atoms with Crippen molar-refractivity contribution in [3.63, 3.8) is 0 Å². The van der Waals surface area contributed by atoms with Crippen LogP contribution in [0.5, 0.6) is 5.75 Å². The maximum atomic E-state index is 12.2. The molecule has 3 aromatic rings. The maximum Gasteiger partial charge on any atom is 0.230 e. The van der Waals surface area contributed by atoms with Gasteiger partial charge in [0.25, 0.3) is 0 Å². The zero-order valence-electron chi connectivity index (χ0n) is 13.0. The van der Waals surface area contributed by atoms with Crippen LogP contribution in [0.2, 0.25) is 5.02 Å². The van der Waals surface area contributed by atoms with Crippen LogP contribution in [0.3, 0.4) is 0 Å². The summed E-state index contributed by atoms with van der Waals surface area (Å²) >= 11 is 7.28. The quantitative estimate of drug-likeness (QED) is 0.722. The smallest absolute Gasteiger partial charge is 0.230 e. The van der Waals surface area contributed by atoms with Gasteiger partial charge in [-0.2, -0.15) is 0 Å². The number of thiazole rings is 1. The molecule has 0 radical (unpaired) electrons. The van der Waals surface area contributed by atoms with E-state index in [9.17, 15) is 4.79 Å². The van der Waals surface area contributed by atoms with E-state index in [4.69, 9.17) is 16.3 Å². The lowest BCUT2D eigenvalue weighted by Gasteiger charge is -2.07. The molecule has 0 bridgehead atoms. The van der Waals surface area contributed by atoms with Crippen molar-refractivity contribution in [3.05, 3.63) is 64.5 Å². The van der Waals surface area contributed by atoms with Crippen LogP contribution in [-0.4, -0.2) is 18.0 Å². The van der Waals surface area contributed by atoms with Crippen molar-refractivity contribution in [1.82, 2.24) is 4.98 Å². The van der Waals surface area contributed by atoms with Gasteiger partial charge in [-0.3, -0.25) is 4.79 Å². The number of benzene rings is 2. The van der Waals surface area contributed by atoms with E-state index in [2.05, 4.69) is 10.3 Å². The van der Waals surface area contributed by atoms with Crippen LogP contribution in [0, 0.1) is 0 Å². The van der Waals surface area contributed by atoms with Crippen LogP contribution < -0.4 is 10.1 Å². The SMILES string of the molecule is COc1ccccc1CC(=O)Nc1nc(-c2ccc(Cl)cc2)cs1. The Morgan fingerprint density at radius 1 is 1.21 bits per heavy atom. The zero-order chi connectivity index (χ0) is 16.9. The topological polar surface area (TPSA) is 51.2 Å². The molecular weight excluding hydrogens is 344 g/mol. The molecular formula is C18H15ClN2O2S. The number of para-hydroxylation sites is 1. The minimum Gasteiger partial charge on any atom is -0.496 e. The van der Waals surface area contributed by atoms with Crippen LogP contribution in [0.15, 0.2) is 53.9 Å². The Kier molecular flexibility index (Phi) is 5.13. The van der Waals surface area contributed by atoms with Crippen molar-refractivity contribution in [3.8, 4) is 17.0 Å². The fourth-order valence-corrected chi connectivity index (χ4v) is 3.13. The highest BCUT2D eigenvalue weighted by atomic mass is 35.5. The van der Waals surface area contributed by atoms with Crippen LogP contribution in [-0.2, 0) is 11.2 Å². The maximum absolute atomic E-state index is 12.2. The van der Waals surface area contributed by atoms with Crippen molar-refractivity contribution >= 4 is 34.0 Å². The summed E-state index contributed by atoms with van der Waals surface area (Å²) in [6, 6.07) is 14.9. The molecule has 1 amide bonds. The average molecular weight is 359 g/mol. The molecule has 4 nitrogen and oxygen atoms in total. The average Bonchev–Trinajstić information content (AvgIpc) is 3.04. The van der Waals surface area contributed by atoms with Crippen LogP contribution in [0.25, 0.3) is 11.3 Å². The van der Waals surface area contributed by atoms with Crippen molar-refractivity contribution in [2.75, 3.05) is 12.4 Å². The first-order valence-corrected chi connectivity index (χ1v) is 8.54. The van der Waals surface area contributed by atoms with E-state index in [1.54, 1.807) is 7.11 Å².